The molecule has 1 heterocycles. The van der Waals surface area contributed by atoms with Gasteiger partial charge in [0, 0.05) is 12.6 Å². The fraction of sp³-hybridized carbons (Fsp3) is 0.818. The Labute approximate surface area is 100 Å². The Morgan fingerprint density at radius 1 is 1.47 bits per heavy atom. The maximum Gasteiger partial charge on any atom is 0.319 e. The van der Waals surface area contributed by atoms with Crippen molar-refractivity contribution in [3.8, 4) is 0 Å². The van der Waals surface area contributed by atoms with E-state index in [0.29, 0.717) is 25.8 Å². The van der Waals surface area contributed by atoms with E-state index >= 15 is 0 Å². The largest absolute Gasteiger partial charge is 0.468 e. The molecule has 96 valence electrons. The molecule has 1 aliphatic carbocycles. The molecular weight excluding hydrogens is 224 g/mol. The second-order valence-corrected chi connectivity index (χ2v) is 4.42. The maximum absolute atomic E-state index is 11.9. The smallest absolute Gasteiger partial charge is 0.319 e. The van der Waals surface area contributed by atoms with Crippen molar-refractivity contribution in [3.05, 3.63) is 0 Å². The van der Waals surface area contributed by atoms with Gasteiger partial charge in [-0.15, -0.1) is 0 Å². The fourth-order valence-electron chi connectivity index (χ4n) is 1.82. The minimum Gasteiger partial charge on any atom is -0.468 e. The number of ether oxygens (including phenoxy) is 2. The fourth-order valence-corrected chi connectivity index (χ4v) is 1.82. The first-order chi connectivity index (χ1) is 8.20. The average molecular weight is 242 g/mol. The van der Waals surface area contributed by atoms with E-state index in [1.807, 2.05) is 4.90 Å². The number of morpholine rings is 1. The molecule has 0 bridgehead atoms. The molecule has 1 saturated heterocycles. The lowest BCUT2D eigenvalue weighted by Crippen LogP contribution is -2.55. The van der Waals surface area contributed by atoms with Gasteiger partial charge in [0.15, 0.2) is 0 Å². The summed E-state index contributed by atoms with van der Waals surface area (Å²) in [6.07, 6.45) is 2.10. The number of amides is 1. The predicted molar refractivity (Wildman–Crippen MR) is 59.4 cm³/mol. The van der Waals surface area contributed by atoms with Crippen LogP contribution in [0.3, 0.4) is 0 Å². The van der Waals surface area contributed by atoms with Gasteiger partial charge in [-0.1, -0.05) is 0 Å². The van der Waals surface area contributed by atoms with Crippen molar-refractivity contribution in [1.29, 1.82) is 0 Å². The lowest BCUT2D eigenvalue weighted by Gasteiger charge is -2.33. The number of carbonyl (C=O) groups is 2. The first-order valence-corrected chi connectivity index (χ1v) is 5.89. The second-order valence-electron chi connectivity index (χ2n) is 4.42. The van der Waals surface area contributed by atoms with E-state index in [1.54, 1.807) is 0 Å². The minimum absolute atomic E-state index is 0.0453. The van der Waals surface area contributed by atoms with E-state index in [9.17, 15) is 9.59 Å². The molecule has 0 aromatic carbocycles. The van der Waals surface area contributed by atoms with Gasteiger partial charge in [0.25, 0.3) is 0 Å². The molecule has 17 heavy (non-hydrogen) atoms. The molecule has 0 aromatic rings. The zero-order chi connectivity index (χ0) is 12.3. The van der Waals surface area contributed by atoms with E-state index in [-0.39, 0.29) is 24.5 Å². The number of hydrogen-bond donors (Lipinski definition) is 1. The predicted octanol–water partition coefficient (Wildman–Crippen LogP) is -0.861. The Morgan fingerprint density at radius 3 is 2.88 bits per heavy atom. The summed E-state index contributed by atoms with van der Waals surface area (Å²) in [5.74, 6) is -0.368. The third kappa shape index (κ3) is 3.41. The first kappa shape index (κ1) is 12.3. The second kappa shape index (κ2) is 5.46. The number of hydrogen-bond acceptors (Lipinski definition) is 5. The van der Waals surface area contributed by atoms with Crippen LogP contribution in [0.25, 0.3) is 0 Å². The van der Waals surface area contributed by atoms with Crippen LogP contribution < -0.4 is 5.32 Å². The molecule has 6 nitrogen and oxygen atoms in total. The third-order valence-electron chi connectivity index (χ3n) is 3.03. The molecule has 0 radical (unpaired) electrons. The van der Waals surface area contributed by atoms with Crippen molar-refractivity contribution in [1.82, 2.24) is 10.2 Å². The van der Waals surface area contributed by atoms with E-state index in [0.717, 1.165) is 12.8 Å². The number of methoxy groups -OCH3 is 1. The SMILES string of the molecule is COC(=O)CN1CCOCC1C(=O)NC1CC1. The van der Waals surface area contributed by atoms with Crippen molar-refractivity contribution >= 4 is 11.9 Å². The Kier molecular flexibility index (Phi) is 3.96. The Hall–Kier alpha value is -1.14. The molecule has 1 amide bonds. The zero-order valence-corrected chi connectivity index (χ0v) is 9.98. The minimum atomic E-state index is -0.372. The van der Waals surface area contributed by atoms with Crippen LogP contribution >= 0.6 is 0 Å². The van der Waals surface area contributed by atoms with Crippen LogP contribution in [0.4, 0.5) is 0 Å². The number of esters is 1. The zero-order valence-electron chi connectivity index (χ0n) is 9.98. The van der Waals surface area contributed by atoms with E-state index in [4.69, 9.17) is 4.74 Å². The van der Waals surface area contributed by atoms with Gasteiger partial charge in [0.1, 0.15) is 6.04 Å². The van der Waals surface area contributed by atoms with Crippen LogP contribution in [-0.2, 0) is 19.1 Å². The summed E-state index contributed by atoms with van der Waals surface area (Å²) in [5.41, 5.74) is 0. The van der Waals surface area contributed by atoms with E-state index in [2.05, 4.69) is 10.1 Å². The number of nitrogens with zero attached hydrogens (tertiary/aromatic N) is 1. The van der Waals surface area contributed by atoms with Crippen molar-refractivity contribution < 1.29 is 19.1 Å². The van der Waals surface area contributed by atoms with Crippen LogP contribution in [0.2, 0.25) is 0 Å². The molecule has 2 fully saturated rings. The van der Waals surface area contributed by atoms with Gasteiger partial charge in [0.05, 0.1) is 26.9 Å². The third-order valence-corrected chi connectivity index (χ3v) is 3.03. The van der Waals surface area contributed by atoms with Crippen molar-refractivity contribution in [2.45, 2.75) is 24.9 Å². The highest BCUT2D eigenvalue weighted by Crippen LogP contribution is 2.19. The van der Waals surface area contributed by atoms with E-state index < -0.39 is 0 Å². The molecule has 6 heteroatoms. The lowest BCUT2D eigenvalue weighted by atomic mass is 10.2. The van der Waals surface area contributed by atoms with Crippen molar-refractivity contribution in [2.75, 3.05) is 33.4 Å². The summed E-state index contributed by atoms with van der Waals surface area (Å²) in [6.45, 7) is 1.61. The summed E-state index contributed by atoms with van der Waals surface area (Å²) < 4.78 is 9.92. The van der Waals surface area contributed by atoms with Gasteiger partial charge in [0.2, 0.25) is 5.91 Å². The molecule has 1 aliphatic heterocycles. The standard InChI is InChI=1S/C11H18N2O4/c1-16-10(14)6-13-4-5-17-7-9(13)11(15)12-8-2-3-8/h8-9H,2-7H2,1H3,(H,12,15). The van der Waals surface area contributed by atoms with Crippen LogP contribution in [0.5, 0.6) is 0 Å². The molecule has 2 rings (SSSR count). The Morgan fingerprint density at radius 2 is 2.24 bits per heavy atom. The monoisotopic (exact) mass is 242 g/mol. The highest BCUT2D eigenvalue weighted by molar-refractivity contribution is 5.83. The summed E-state index contributed by atoms with van der Waals surface area (Å²) in [7, 11) is 1.35. The Balaban J connectivity index is 1.90. The van der Waals surface area contributed by atoms with Crippen molar-refractivity contribution in [2.24, 2.45) is 0 Å². The topological polar surface area (TPSA) is 67.9 Å². The molecule has 1 unspecified atom stereocenters. The van der Waals surface area contributed by atoms with Gasteiger partial charge in [-0.3, -0.25) is 14.5 Å². The maximum atomic E-state index is 11.9. The molecular formula is C11H18N2O4. The van der Waals surface area contributed by atoms with Crippen LogP contribution in [-0.4, -0.2) is 62.3 Å². The highest BCUT2D eigenvalue weighted by atomic mass is 16.5. The summed E-state index contributed by atoms with van der Waals surface area (Å²) >= 11 is 0. The van der Waals surface area contributed by atoms with Crippen LogP contribution in [0.1, 0.15) is 12.8 Å². The van der Waals surface area contributed by atoms with Gasteiger partial charge in [-0.05, 0) is 12.8 Å². The van der Waals surface area contributed by atoms with Crippen LogP contribution in [0.15, 0.2) is 0 Å². The molecule has 1 N–H and O–H groups in total. The van der Waals surface area contributed by atoms with Crippen molar-refractivity contribution in [3.63, 3.8) is 0 Å². The average Bonchev–Trinajstić information content (AvgIpc) is 3.13. The summed E-state index contributed by atoms with van der Waals surface area (Å²) in [4.78, 5) is 25.0. The Bertz CT molecular complexity index is 304. The highest BCUT2D eigenvalue weighted by Gasteiger charge is 2.33. The van der Waals surface area contributed by atoms with Gasteiger partial charge < -0.3 is 14.8 Å². The van der Waals surface area contributed by atoms with Gasteiger partial charge in [-0.2, -0.15) is 0 Å². The summed E-state index contributed by atoms with van der Waals surface area (Å²) in [5, 5.41) is 2.93. The first-order valence-electron chi connectivity index (χ1n) is 5.89. The molecule has 1 atom stereocenters. The number of carbonyl (C=O) groups excluding carboxylic acids is 2. The van der Waals surface area contributed by atoms with E-state index in [1.165, 1.54) is 7.11 Å². The lowest BCUT2D eigenvalue weighted by molar-refractivity contribution is -0.146. The molecule has 1 saturated carbocycles. The number of nitrogens with one attached hydrogen (secondary N) is 1. The van der Waals surface area contributed by atoms with Gasteiger partial charge >= 0.3 is 5.97 Å². The number of rotatable bonds is 4. The molecule has 2 aliphatic rings. The molecule has 0 aromatic heterocycles. The van der Waals surface area contributed by atoms with Crippen LogP contribution in [0, 0.1) is 0 Å². The quantitative estimate of drug-likeness (QED) is 0.650. The normalized spacial score (nSPS) is 25.4. The van der Waals surface area contributed by atoms with Gasteiger partial charge in [-0.25, -0.2) is 0 Å². The molecule has 0 spiro atoms. The summed E-state index contributed by atoms with van der Waals surface area (Å²) in [6, 6.07) is -0.0483.